The number of nitrogens with zero attached hydrogens (tertiary/aromatic N) is 2. The number of sulfone groups is 1. The van der Waals surface area contributed by atoms with E-state index in [9.17, 15) is 8.42 Å². The molecule has 0 unspecified atom stereocenters. The van der Waals surface area contributed by atoms with Gasteiger partial charge in [0.05, 0.1) is 10.6 Å². The number of aliphatic hydroxyl groups excluding tert-OH is 2. The summed E-state index contributed by atoms with van der Waals surface area (Å²) in [5.74, 6) is 0. The quantitative estimate of drug-likeness (QED) is 0.268. The van der Waals surface area contributed by atoms with Crippen molar-refractivity contribution in [3.63, 3.8) is 0 Å². The van der Waals surface area contributed by atoms with Crippen molar-refractivity contribution in [1.82, 2.24) is 9.78 Å². The molecule has 4 aromatic rings. The molecule has 0 aliphatic carbocycles. The van der Waals surface area contributed by atoms with Crippen molar-refractivity contribution < 1.29 is 24.1 Å². The SMILES string of the molecule is C.CS(=O)(=O)c1ccccc1-c1cn(-c2ccccc2)nc1-c1ccccc1.NC(O)=S.NC(O)=S.O. The normalized spacial score (nSPS) is 9.65. The van der Waals surface area contributed by atoms with Gasteiger partial charge in [-0.3, -0.25) is 0 Å². The summed E-state index contributed by atoms with van der Waals surface area (Å²) in [5, 5.41) is 18.9. The molecule has 0 saturated carbocycles. The number of rotatable bonds is 4. The molecule has 0 fully saturated rings. The van der Waals surface area contributed by atoms with Crippen LogP contribution in [0.5, 0.6) is 0 Å². The summed E-state index contributed by atoms with van der Waals surface area (Å²) >= 11 is 7.74. The average Bonchev–Trinajstić information content (AvgIpc) is 3.24. The van der Waals surface area contributed by atoms with E-state index in [1.807, 2.05) is 79.0 Å². The molecule has 0 bridgehead atoms. The number of aliphatic hydroxyl groups is 2. The summed E-state index contributed by atoms with van der Waals surface area (Å²) in [6, 6.07) is 26.6. The van der Waals surface area contributed by atoms with Gasteiger partial charge in [-0.1, -0.05) is 74.2 Å². The number of hydrogen-bond acceptors (Lipinski definition) is 5. The lowest BCUT2D eigenvalue weighted by atomic mass is 10.0. The largest absolute Gasteiger partial charge is 0.487 e. The first kappa shape index (κ1) is 33.2. The van der Waals surface area contributed by atoms with Crippen molar-refractivity contribution in [2.45, 2.75) is 12.3 Å². The second-order valence-corrected chi connectivity index (χ2v) is 9.80. The minimum absolute atomic E-state index is 0. The minimum atomic E-state index is -3.37. The monoisotopic (exact) mass is 562 g/mol. The lowest BCUT2D eigenvalue weighted by molar-refractivity contribution is 0.559. The Labute approximate surface area is 227 Å². The molecule has 4 rings (SSSR count). The zero-order valence-corrected chi connectivity index (χ0v) is 21.6. The second kappa shape index (κ2) is 15.3. The van der Waals surface area contributed by atoms with Crippen LogP contribution in [0.15, 0.2) is 96.0 Å². The van der Waals surface area contributed by atoms with Crippen molar-refractivity contribution in [3.8, 4) is 28.1 Å². The summed E-state index contributed by atoms with van der Waals surface area (Å²) in [4.78, 5) is 0.301. The number of aromatic nitrogens is 2. The molecule has 1 aromatic heterocycles. The van der Waals surface area contributed by atoms with Crippen LogP contribution in [0.1, 0.15) is 7.43 Å². The molecule has 0 radical (unpaired) electrons. The Kier molecular flexibility index (Phi) is 13.7. The van der Waals surface area contributed by atoms with Crippen LogP contribution in [0.4, 0.5) is 0 Å². The molecular formula is C25H30N4O5S3. The van der Waals surface area contributed by atoms with Gasteiger partial charge in [-0.2, -0.15) is 5.10 Å². The molecule has 0 aliphatic heterocycles. The highest BCUT2D eigenvalue weighted by molar-refractivity contribution is 7.90. The Morgan fingerprint density at radius 1 is 0.811 bits per heavy atom. The standard InChI is InChI=1S/C22H18N2O2S.2CH3NOS.CH4.H2O/c1-27(25,26)21-15-9-8-14-19(21)20-16-24(18-12-6-3-7-13-18)23-22(20)17-10-4-2-5-11-17;2*2-1(3)4;;/h2-16H,1H3;2*(H3,2,3,4);1H4;1H2. The third kappa shape index (κ3) is 10.4. The van der Waals surface area contributed by atoms with E-state index >= 15 is 0 Å². The van der Waals surface area contributed by atoms with E-state index in [0.29, 0.717) is 10.5 Å². The van der Waals surface area contributed by atoms with E-state index in [1.54, 1.807) is 16.8 Å². The van der Waals surface area contributed by atoms with Gasteiger partial charge in [0, 0.05) is 29.1 Å². The van der Waals surface area contributed by atoms with Crippen molar-refractivity contribution in [2.75, 3.05) is 6.26 Å². The van der Waals surface area contributed by atoms with E-state index in [2.05, 4.69) is 35.9 Å². The number of benzene rings is 3. The minimum Gasteiger partial charge on any atom is -0.487 e. The van der Waals surface area contributed by atoms with Gasteiger partial charge in [-0.25, -0.2) is 13.1 Å². The van der Waals surface area contributed by atoms with E-state index < -0.39 is 20.2 Å². The highest BCUT2D eigenvalue weighted by Crippen LogP contribution is 2.35. The number of para-hydroxylation sites is 1. The van der Waals surface area contributed by atoms with Gasteiger partial charge in [-0.05, 0) is 42.6 Å². The first-order valence-electron chi connectivity index (χ1n) is 9.97. The van der Waals surface area contributed by atoms with Crippen molar-refractivity contribution in [2.24, 2.45) is 11.5 Å². The van der Waals surface area contributed by atoms with Crippen molar-refractivity contribution in [3.05, 3.63) is 91.1 Å². The third-order valence-electron chi connectivity index (χ3n) is 4.36. The Hall–Kier alpha value is -3.84. The molecule has 9 nitrogen and oxygen atoms in total. The van der Waals surface area contributed by atoms with Gasteiger partial charge < -0.3 is 27.2 Å². The molecule has 198 valence electrons. The maximum Gasteiger partial charge on any atom is 0.251 e. The average molecular weight is 563 g/mol. The topological polar surface area (TPSA) is 176 Å². The Morgan fingerprint density at radius 2 is 1.24 bits per heavy atom. The van der Waals surface area contributed by atoms with Gasteiger partial charge in [0.2, 0.25) is 0 Å². The van der Waals surface area contributed by atoms with Crippen LogP contribution in [0.2, 0.25) is 0 Å². The van der Waals surface area contributed by atoms with Crippen LogP contribution in [0.25, 0.3) is 28.1 Å². The van der Waals surface area contributed by atoms with Gasteiger partial charge in [0.25, 0.3) is 10.3 Å². The fourth-order valence-electron chi connectivity index (χ4n) is 3.11. The molecule has 0 aliphatic rings. The third-order valence-corrected chi connectivity index (χ3v) is 5.51. The summed E-state index contributed by atoms with van der Waals surface area (Å²) in [6.07, 6.45) is 3.12. The van der Waals surface area contributed by atoms with Crippen LogP contribution in [0.3, 0.4) is 0 Å². The molecule has 12 heteroatoms. The van der Waals surface area contributed by atoms with Gasteiger partial charge >= 0.3 is 0 Å². The smallest absolute Gasteiger partial charge is 0.251 e. The first-order valence-corrected chi connectivity index (χ1v) is 12.7. The summed E-state index contributed by atoms with van der Waals surface area (Å²) in [7, 11) is -3.37. The number of thiocarbonyl (C=S) groups is 2. The maximum absolute atomic E-state index is 12.3. The molecule has 0 atom stereocenters. The molecular weight excluding hydrogens is 532 g/mol. The van der Waals surface area contributed by atoms with Crippen molar-refractivity contribution >= 4 is 44.6 Å². The molecule has 0 amide bonds. The van der Waals surface area contributed by atoms with E-state index in [4.69, 9.17) is 15.3 Å². The maximum atomic E-state index is 12.3. The Balaban J connectivity index is 0.00000115. The van der Waals surface area contributed by atoms with Gasteiger partial charge in [0.1, 0.15) is 5.69 Å². The molecule has 1 heterocycles. The fraction of sp³-hybridized carbons (Fsp3) is 0.0800. The van der Waals surface area contributed by atoms with Gasteiger partial charge in [0.15, 0.2) is 9.84 Å². The van der Waals surface area contributed by atoms with Crippen LogP contribution in [-0.2, 0) is 9.84 Å². The lowest BCUT2D eigenvalue weighted by Crippen LogP contribution is -2.03. The summed E-state index contributed by atoms with van der Waals surface area (Å²) in [6.45, 7) is 0. The first-order chi connectivity index (χ1) is 16.5. The zero-order valence-electron chi connectivity index (χ0n) is 19.1. The van der Waals surface area contributed by atoms with E-state index in [0.717, 1.165) is 22.5 Å². The Bertz CT molecular complexity index is 1370. The lowest BCUT2D eigenvalue weighted by Gasteiger charge is -2.08. The number of hydrogen-bond donors (Lipinski definition) is 4. The summed E-state index contributed by atoms with van der Waals surface area (Å²) in [5.41, 5.74) is 12.8. The van der Waals surface area contributed by atoms with Gasteiger partial charge in [-0.15, -0.1) is 0 Å². The van der Waals surface area contributed by atoms with E-state index in [-0.39, 0.29) is 12.9 Å². The predicted molar refractivity (Wildman–Crippen MR) is 157 cm³/mol. The molecule has 3 aromatic carbocycles. The molecule has 0 spiro atoms. The van der Waals surface area contributed by atoms with Crippen LogP contribution in [0, 0.1) is 0 Å². The Morgan fingerprint density at radius 3 is 1.73 bits per heavy atom. The molecule has 8 N–H and O–H groups in total. The molecule has 0 saturated heterocycles. The fourth-order valence-corrected chi connectivity index (χ4v) is 4.01. The highest BCUT2D eigenvalue weighted by Gasteiger charge is 2.20. The zero-order chi connectivity index (χ0) is 26.0. The summed E-state index contributed by atoms with van der Waals surface area (Å²) < 4.78 is 26.4. The van der Waals surface area contributed by atoms with Crippen LogP contribution in [-0.4, -0.2) is 50.5 Å². The van der Waals surface area contributed by atoms with Crippen LogP contribution >= 0.6 is 24.4 Å². The van der Waals surface area contributed by atoms with Crippen LogP contribution < -0.4 is 11.5 Å². The second-order valence-electron chi connectivity index (χ2n) is 6.98. The molecule has 37 heavy (non-hydrogen) atoms. The highest BCUT2D eigenvalue weighted by atomic mass is 32.2. The van der Waals surface area contributed by atoms with E-state index in [1.165, 1.54) is 6.26 Å². The number of nitrogens with two attached hydrogens (primary N) is 2. The van der Waals surface area contributed by atoms with Crippen molar-refractivity contribution in [1.29, 1.82) is 0 Å². The predicted octanol–water partition coefficient (Wildman–Crippen LogP) is 4.00.